The van der Waals surface area contributed by atoms with Crippen molar-refractivity contribution in [2.24, 2.45) is 5.16 Å². The molecular weight excluding hydrogens is 326 g/mol. The Bertz CT molecular complexity index is 604. The zero-order chi connectivity index (χ0) is 18.2. The summed E-state index contributed by atoms with van der Waals surface area (Å²) in [7, 11) is 0. The van der Waals surface area contributed by atoms with Crippen LogP contribution in [-0.4, -0.2) is 80.0 Å². The van der Waals surface area contributed by atoms with Crippen LogP contribution in [0.5, 0.6) is 0 Å². The van der Waals surface area contributed by atoms with Crippen LogP contribution in [0.25, 0.3) is 0 Å². The molecule has 24 heavy (non-hydrogen) atoms. The number of aliphatic hydroxyl groups excluding tert-OH is 2. The van der Waals surface area contributed by atoms with Gasteiger partial charge in [0.2, 0.25) is 5.72 Å². The summed E-state index contributed by atoms with van der Waals surface area (Å²) in [6, 6.07) is 0. The van der Waals surface area contributed by atoms with Gasteiger partial charge in [0.25, 0.3) is 17.5 Å². The first-order valence-corrected chi connectivity index (χ1v) is 7.04. The lowest BCUT2D eigenvalue weighted by atomic mass is 9.84. The van der Waals surface area contributed by atoms with Gasteiger partial charge in [-0.05, 0) is 25.0 Å². The maximum Gasteiger partial charge on any atom is 0.280 e. The largest absolute Gasteiger partial charge is 0.411 e. The lowest BCUT2D eigenvalue weighted by Crippen LogP contribution is -2.82. The number of fused-ring (bicyclic) bond motifs is 5. The second-order valence-corrected chi connectivity index (χ2v) is 5.83. The number of oxime groups is 1. The molecule has 3 heterocycles. The zero-order valence-corrected chi connectivity index (χ0v) is 12.8. The van der Waals surface area contributed by atoms with Crippen LogP contribution in [0.4, 0.5) is 0 Å². The lowest BCUT2D eigenvalue weighted by molar-refractivity contribution is -0.230. The summed E-state index contributed by atoms with van der Waals surface area (Å²) >= 11 is 0. The summed E-state index contributed by atoms with van der Waals surface area (Å²) in [4.78, 5) is 24.8. The molecule has 3 aliphatic rings. The third kappa shape index (κ3) is 2.65. The van der Waals surface area contributed by atoms with Gasteiger partial charge in [0, 0.05) is 0 Å². The fourth-order valence-corrected chi connectivity index (χ4v) is 2.58. The molecule has 0 radical (unpaired) electrons. The van der Waals surface area contributed by atoms with Crippen LogP contribution < -0.4 is 10.6 Å². The molecule has 0 spiro atoms. The van der Waals surface area contributed by atoms with Gasteiger partial charge in [-0.3, -0.25) is 9.59 Å². The van der Waals surface area contributed by atoms with Crippen molar-refractivity contribution >= 4 is 18.0 Å². The molecule has 3 fully saturated rings. The fraction of sp³-hybridized carbons (Fsp3) is 0.615. The number of amides is 2. The molecule has 0 saturated carbocycles. The molecule has 3 aliphatic heterocycles. The SMILES string of the molecule is C[C@](O)(CO)[C@H](O)[C@@]12NC(=O)[C@@](O)(NC1=O)/C(=C/C=N/O)CCO2. The predicted molar refractivity (Wildman–Crippen MR) is 76.6 cm³/mol. The summed E-state index contributed by atoms with van der Waals surface area (Å²) < 4.78 is 5.32. The number of piperazine rings is 1. The van der Waals surface area contributed by atoms with E-state index in [1.165, 1.54) is 0 Å². The highest BCUT2D eigenvalue weighted by atomic mass is 16.5. The van der Waals surface area contributed by atoms with Crippen LogP contribution in [0.1, 0.15) is 13.3 Å². The molecule has 0 aromatic heterocycles. The Morgan fingerprint density at radius 1 is 1.42 bits per heavy atom. The first-order valence-electron chi connectivity index (χ1n) is 7.04. The van der Waals surface area contributed by atoms with Gasteiger partial charge in [0.05, 0.1) is 19.4 Å². The normalized spacial score (nSPS) is 36.0. The van der Waals surface area contributed by atoms with E-state index in [1.54, 1.807) is 0 Å². The van der Waals surface area contributed by atoms with Gasteiger partial charge in [-0.2, -0.15) is 0 Å². The third-order valence-corrected chi connectivity index (χ3v) is 4.06. The molecule has 4 atom stereocenters. The Morgan fingerprint density at radius 3 is 2.67 bits per heavy atom. The standard InChI is InChI=1S/C13H19N3O8/c1-11(21,6-17)8(18)13-10(20)15-12(22,9(19)16-13)7(2-4-14-23)3-5-24-13/h2,4,8,17-18,21-23H,3,5-6H2,1H3,(H,15,20)(H,16,19)/b7-2+,14-4+/t8-,11-,12+,13-/m0/s1. The topological polar surface area (TPSA) is 181 Å². The van der Waals surface area contributed by atoms with E-state index in [0.29, 0.717) is 0 Å². The number of allylic oxidation sites excluding steroid dienone is 1. The van der Waals surface area contributed by atoms with Crippen LogP contribution in [0.3, 0.4) is 0 Å². The van der Waals surface area contributed by atoms with E-state index in [9.17, 15) is 30.0 Å². The number of ether oxygens (including phenoxy) is 1. The number of hydrogen-bond donors (Lipinski definition) is 7. The third-order valence-electron chi connectivity index (χ3n) is 4.06. The summed E-state index contributed by atoms with van der Waals surface area (Å²) in [6.45, 7) is -0.0810. The molecule has 3 rings (SSSR count). The summed E-state index contributed by atoms with van der Waals surface area (Å²) in [5.74, 6) is -2.23. The van der Waals surface area contributed by atoms with Crippen molar-refractivity contribution in [1.82, 2.24) is 10.6 Å². The van der Waals surface area contributed by atoms with Crippen LogP contribution in [-0.2, 0) is 14.3 Å². The molecule has 11 heteroatoms. The van der Waals surface area contributed by atoms with E-state index < -0.39 is 41.6 Å². The second-order valence-electron chi connectivity index (χ2n) is 5.83. The molecule has 3 saturated heterocycles. The minimum absolute atomic E-state index is 0.0112. The average molecular weight is 345 g/mol. The Balaban J connectivity index is 2.47. The van der Waals surface area contributed by atoms with E-state index >= 15 is 0 Å². The van der Waals surface area contributed by atoms with Crippen molar-refractivity contribution in [2.75, 3.05) is 13.2 Å². The highest BCUT2D eigenvalue weighted by Crippen LogP contribution is 2.33. The Labute approximate surface area is 136 Å². The minimum atomic E-state index is -2.43. The molecule has 0 aliphatic carbocycles. The van der Waals surface area contributed by atoms with Crippen molar-refractivity contribution in [3.63, 3.8) is 0 Å². The van der Waals surface area contributed by atoms with Gasteiger partial charge in [0.15, 0.2) is 0 Å². The van der Waals surface area contributed by atoms with Crippen molar-refractivity contribution in [2.45, 2.75) is 36.5 Å². The van der Waals surface area contributed by atoms with Crippen LogP contribution in [0, 0.1) is 0 Å². The van der Waals surface area contributed by atoms with Gasteiger partial charge < -0.3 is 41.0 Å². The summed E-state index contributed by atoms with van der Waals surface area (Å²) in [5, 5.41) is 55.3. The first-order chi connectivity index (χ1) is 11.1. The number of nitrogens with one attached hydrogen (secondary N) is 2. The highest BCUT2D eigenvalue weighted by molar-refractivity contribution is 6.03. The molecular formula is C13H19N3O8. The smallest absolute Gasteiger partial charge is 0.280 e. The van der Waals surface area contributed by atoms with Gasteiger partial charge >= 0.3 is 0 Å². The predicted octanol–water partition coefficient (Wildman–Crippen LogP) is -3.47. The number of rotatable bonds is 4. The van der Waals surface area contributed by atoms with Crippen molar-refractivity contribution in [3.05, 3.63) is 11.6 Å². The summed E-state index contributed by atoms with van der Waals surface area (Å²) in [5.41, 5.74) is -6.99. The molecule has 7 N–H and O–H groups in total. The van der Waals surface area contributed by atoms with Crippen LogP contribution in [0.2, 0.25) is 0 Å². The number of carbonyl (C=O) groups is 2. The molecule has 0 aromatic carbocycles. The zero-order valence-electron chi connectivity index (χ0n) is 12.8. The van der Waals surface area contributed by atoms with E-state index in [1.807, 2.05) is 5.32 Å². The molecule has 2 amide bonds. The molecule has 2 bridgehead atoms. The monoisotopic (exact) mass is 345 g/mol. The maximum absolute atomic E-state index is 12.5. The van der Waals surface area contributed by atoms with Gasteiger partial charge in [-0.25, -0.2) is 0 Å². The number of nitrogens with zero attached hydrogens (tertiary/aromatic N) is 1. The Morgan fingerprint density at radius 2 is 2.08 bits per heavy atom. The quantitative estimate of drug-likeness (QED) is 0.156. The van der Waals surface area contributed by atoms with E-state index in [4.69, 9.17) is 9.94 Å². The fourth-order valence-electron chi connectivity index (χ4n) is 2.58. The second kappa shape index (κ2) is 6.11. The molecule has 0 unspecified atom stereocenters. The average Bonchev–Trinajstić information content (AvgIpc) is 2.53. The number of hydrogen-bond acceptors (Lipinski definition) is 9. The first kappa shape index (κ1) is 18.3. The molecule has 11 nitrogen and oxygen atoms in total. The van der Waals surface area contributed by atoms with Crippen molar-refractivity contribution < 1.29 is 40.0 Å². The van der Waals surface area contributed by atoms with Crippen LogP contribution in [0.15, 0.2) is 16.8 Å². The molecule has 134 valence electrons. The van der Waals surface area contributed by atoms with Crippen molar-refractivity contribution in [3.8, 4) is 0 Å². The van der Waals surface area contributed by atoms with Crippen LogP contribution >= 0.6 is 0 Å². The Hall–Kier alpha value is -2.05. The number of carbonyl (C=O) groups excluding carboxylic acids is 2. The van der Waals surface area contributed by atoms with E-state index in [-0.39, 0.29) is 18.6 Å². The van der Waals surface area contributed by atoms with E-state index in [2.05, 4.69) is 10.5 Å². The van der Waals surface area contributed by atoms with Gasteiger partial charge in [-0.15, -0.1) is 0 Å². The van der Waals surface area contributed by atoms with Gasteiger partial charge in [-0.1, -0.05) is 5.16 Å². The summed E-state index contributed by atoms with van der Waals surface area (Å²) in [6.07, 6.45) is -0.0388. The number of aliphatic hydroxyl groups is 4. The van der Waals surface area contributed by atoms with Gasteiger partial charge in [0.1, 0.15) is 11.7 Å². The highest BCUT2D eigenvalue weighted by Gasteiger charge is 2.63. The van der Waals surface area contributed by atoms with Crippen molar-refractivity contribution in [1.29, 1.82) is 0 Å². The minimum Gasteiger partial charge on any atom is -0.411 e. The van der Waals surface area contributed by atoms with E-state index in [0.717, 1.165) is 19.2 Å². The maximum atomic E-state index is 12.5. The Kier molecular flexibility index (Phi) is 4.65. The molecule has 0 aromatic rings. The lowest BCUT2D eigenvalue weighted by Gasteiger charge is -2.49.